The van der Waals surface area contributed by atoms with Crippen molar-refractivity contribution in [3.05, 3.63) is 11.6 Å². The predicted molar refractivity (Wildman–Crippen MR) is 84.6 cm³/mol. The summed E-state index contributed by atoms with van der Waals surface area (Å²) in [4.78, 5) is 14.1. The van der Waals surface area contributed by atoms with Gasteiger partial charge in [0.05, 0.1) is 13.2 Å². The fraction of sp³-hybridized carbons (Fsp3) is 0.824. The summed E-state index contributed by atoms with van der Waals surface area (Å²) in [6, 6.07) is 0.0791. The zero-order chi connectivity index (χ0) is 15.4. The van der Waals surface area contributed by atoms with Gasteiger partial charge in [0.15, 0.2) is 5.79 Å². The van der Waals surface area contributed by atoms with E-state index in [-0.39, 0.29) is 6.03 Å². The summed E-state index contributed by atoms with van der Waals surface area (Å²) in [7, 11) is 0. The summed E-state index contributed by atoms with van der Waals surface area (Å²) in [5.74, 6) is -0.0416. The third kappa shape index (κ3) is 3.63. The van der Waals surface area contributed by atoms with E-state index in [9.17, 15) is 4.79 Å². The second-order valence-corrected chi connectivity index (χ2v) is 6.71. The van der Waals surface area contributed by atoms with Gasteiger partial charge < -0.3 is 19.7 Å². The molecule has 1 aliphatic carbocycles. The van der Waals surface area contributed by atoms with Crippen LogP contribution in [0.2, 0.25) is 0 Å². The standard InChI is InChI=1S/C17H28N2O3/c1-17(21-12-13-22-17)15-7-10-19(11-8-15)16(20)18-9-6-14-4-2-3-5-14/h4,15H,2-3,5-13H2,1H3,(H,18,20). The van der Waals surface area contributed by atoms with E-state index in [0.29, 0.717) is 19.1 Å². The maximum atomic E-state index is 12.2. The van der Waals surface area contributed by atoms with E-state index in [0.717, 1.165) is 38.9 Å². The summed E-state index contributed by atoms with van der Waals surface area (Å²) in [5, 5.41) is 3.06. The number of allylic oxidation sites excluding steroid dienone is 1. The largest absolute Gasteiger partial charge is 0.348 e. The van der Waals surface area contributed by atoms with E-state index in [1.807, 2.05) is 11.8 Å². The molecule has 5 heteroatoms. The molecule has 2 amide bonds. The summed E-state index contributed by atoms with van der Waals surface area (Å²) in [6.45, 7) is 5.76. The third-order valence-electron chi connectivity index (χ3n) is 5.24. The van der Waals surface area contributed by atoms with Gasteiger partial charge in [0.2, 0.25) is 0 Å². The molecule has 0 radical (unpaired) electrons. The van der Waals surface area contributed by atoms with Crippen molar-refractivity contribution in [2.75, 3.05) is 32.8 Å². The van der Waals surface area contributed by atoms with Gasteiger partial charge in [-0.05, 0) is 45.4 Å². The van der Waals surface area contributed by atoms with Crippen molar-refractivity contribution in [1.29, 1.82) is 0 Å². The van der Waals surface area contributed by atoms with Crippen LogP contribution in [-0.2, 0) is 9.47 Å². The van der Waals surface area contributed by atoms with E-state index >= 15 is 0 Å². The first-order valence-corrected chi connectivity index (χ1v) is 8.66. The van der Waals surface area contributed by atoms with Crippen LogP contribution in [0, 0.1) is 5.92 Å². The Morgan fingerprint density at radius 2 is 2.09 bits per heavy atom. The maximum Gasteiger partial charge on any atom is 0.317 e. The molecule has 2 saturated heterocycles. The molecule has 0 spiro atoms. The van der Waals surface area contributed by atoms with Crippen LogP contribution in [0.1, 0.15) is 45.4 Å². The zero-order valence-electron chi connectivity index (χ0n) is 13.6. The Balaban J connectivity index is 1.38. The van der Waals surface area contributed by atoms with Crippen LogP contribution < -0.4 is 5.32 Å². The Kier molecular flexibility index (Phi) is 5.03. The van der Waals surface area contributed by atoms with Crippen LogP contribution in [0.25, 0.3) is 0 Å². The second kappa shape index (κ2) is 7.01. The Morgan fingerprint density at radius 1 is 1.36 bits per heavy atom. The Morgan fingerprint density at radius 3 is 2.73 bits per heavy atom. The van der Waals surface area contributed by atoms with Crippen LogP contribution in [-0.4, -0.2) is 49.6 Å². The Labute approximate surface area is 133 Å². The molecule has 0 aromatic heterocycles. The number of piperidine rings is 1. The maximum absolute atomic E-state index is 12.2. The number of amides is 2. The number of likely N-dealkylation sites (tertiary alicyclic amines) is 1. The van der Waals surface area contributed by atoms with Gasteiger partial charge in [0, 0.05) is 25.6 Å². The van der Waals surface area contributed by atoms with E-state index < -0.39 is 5.79 Å². The molecule has 2 fully saturated rings. The van der Waals surface area contributed by atoms with E-state index in [1.54, 1.807) is 0 Å². The molecule has 0 unspecified atom stereocenters. The molecule has 124 valence electrons. The van der Waals surface area contributed by atoms with Crippen molar-refractivity contribution in [1.82, 2.24) is 10.2 Å². The lowest BCUT2D eigenvalue weighted by molar-refractivity contribution is -0.189. The average molecular weight is 308 g/mol. The SMILES string of the molecule is CC1(C2CCN(C(=O)NCCC3=CCCC3)CC2)OCCO1. The molecule has 2 aliphatic heterocycles. The van der Waals surface area contributed by atoms with E-state index in [2.05, 4.69) is 11.4 Å². The molecule has 0 bridgehead atoms. The number of urea groups is 1. The van der Waals surface area contributed by atoms with Crippen molar-refractivity contribution >= 4 is 6.03 Å². The first-order valence-electron chi connectivity index (χ1n) is 8.66. The number of ether oxygens (including phenoxy) is 2. The van der Waals surface area contributed by atoms with Crippen LogP contribution in [0.5, 0.6) is 0 Å². The molecule has 0 aromatic rings. The molecule has 1 N–H and O–H groups in total. The summed E-state index contributed by atoms with van der Waals surface area (Å²) < 4.78 is 11.5. The van der Waals surface area contributed by atoms with Gasteiger partial charge in [0.25, 0.3) is 0 Å². The highest BCUT2D eigenvalue weighted by Gasteiger charge is 2.41. The third-order valence-corrected chi connectivity index (χ3v) is 5.24. The highest BCUT2D eigenvalue weighted by molar-refractivity contribution is 5.74. The van der Waals surface area contributed by atoms with Gasteiger partial charge in [-0.15, -0.1) is 0 Å². The molecular formula is C17H28N2O3. The number of carbonyl (C=O) groups excluding carboxylic acids is 1. The number of carbonyl (C=O) groups is 1. The average Bonchev–Trinajstić information content (AvgIpc) is 3.20. The number of nitrogens with one attached hydrogen (secondary N) is 1. The lowest BCUT2D eigenvalue weighted by Gasteiger charge is -2.39. The normalized spacial score (nSPS) is 25.3. The van der Waals surface area contributed by atoms with Crippen molar-refractivity contribution < 1.29 is 14.3 Å². The fourth-order valence-electron chi connectivity index (χ4n) is 3.78. The van der Waals surface area contributed by atoms with Gasteiger partial charge in [-0.25, -0.2) is 4.79 Å². The highest BCUT2D eigenvalue weighted by atomic mass is 16.7. The molecule has 0 atom stereocenters. The molecule has 22 heavy (non-hydrogen) atoms. The minimum absolute atomic E-state index is 0.0791. The van der Waals surface area contributed by atoms with E-state index in [4.69, 9.17) is 9.47 Å². The van der Waals surface area contributed by atoms with Gasteiger partial charge in [0.1, 0.15) is 0 Å². The summed E-state index contributed by atoms with van der Waals surface area (Å²) in [5.41, 5.74) is 1.50. The Hall–Kier alpha value is -1.07. The molecular weight excluding hydrogens is 280 g/mol. The molecule has 0 aromatic carbocycles. The smallest absolute Gasteiger partial charge is 0.317 e. The topological polar surface area (TPSA) is 50.8 Å². The monoisotopic (exact) mass is 308 g/mol. The van der Waals surface area contributed by atoms with E-state index in [1.165, 1.54) is 24.8 Å². The lowest BCUT2D eigenvalue weighted by atomic mass is 9.89. The number of rotatable bonds is 4. The van der Waals surface area contributed by atoms with Gasteiger partial charge in [-0.3, -0.25) is 0 Å². The van der Waals surface area contributed by atoms with Crippen molar-refractivity contribution in [2.45, 2.75) is 51.2 Å². The van der Waals surface area contributed by atoms with Crippen LogP contribution in [0.15, 0.2) is 11.6 Å². The predicted octanol–water partition coefficient (Wildman–Crippen LogP) is 2.67. The number of nitrogens with zero attached hydrogens (tertiary/aromatic N) is 1. The van der Waals surface area contributed by atoms with Gasteiger partial charge in [-0.1, -0.05) is 11.6 Å². The van der Waals surface area contributed by atoms with Crippen LogP contribution in [0.4, 0.5) is 4.79 Å². The first kappa shape index (κ1) is 15.8. The van der Waals surface area contributed by atoms with Crippen LogP contribution >= 0.6 is 0 Å². The highest BCUT2D eigenvalue weighted by Crippen LogP contribution is 2.34. The van der Waals surface area contributed by atoms with Crippen LogP contribution in [0.3, 0.4) is 0 Å². The molecule has 3 aliphatic rings. The first-order chi connectivity index (χ1) is 10.7. The lowest BCUT2D eigenvalue weighted by Crippen LogP contribution is -2.49. The number of hydrogen-bond donors (Lipinski definition) is 1. The second-order valence-electron chi connectivity index (χ2n) is 6.71. The Bertz CT molecular complexity index is 422. The summed E-state index contributed by atoms with van der Waals surface area (Å²) >= 11 is 0. The molecule has 3 rings (SSSR count). The molecule has 5 nitrogen and oxygen atoms in total. The summed E-state index contributed by atoms with van der Waals surface area (Å²) in [6.07, 6.45) is 8.92. The molecule has 0 saturated carbocycles. The zero-order valence-corrected chi connectivity index (χ0v) is 13.6. The van der Waals surface area contributed by atoms with Crippen molar-refractivity contribution in [3.8, 4) is 0 Å². The fourth-order valence-corrected chi connectivity index (χ4v) is 3.78. The minimum atomic E-state index is -0.433. The van der Waals surface area contributed by atoms with Gasteiger partial charge >= 0.3 is 6.03 Å². The van der Waals surface area contributed by atoms with Crippen molar-refractivity contribution in [3.63, 3.8) is 0 Å². The number of hydrogen-bond acceptors (Lipinski definition) is 3. The van der Waals surface area contributed by atoms with Gasteiger partial charge in [-0.2, -0.15) is 0 Å². The van der Waals surface area contributed by atoms with Crippen molar-refractivity contribution in [2.24, 2.45) is 5.92 Å². The minimum Gasteiger partial charge on any atom is -0.348 e. The molecule has 2 heterocycles. The quantitative estimate of drug-likeness (QED) is 0.812.